The first kappa shape index (κ1) is 27.8. The fourth-order valence-corrected chi connectivity index (χ4v) is 6.97. The number of nitrogens with one attached hydrogen (secondary N) is 1. The number of likely N-dealkylation sites (tertiary alicyclic amines) is 1. The zero-order chi connectivity index (χ0) is 28.9. The molecule has 4 aliphatic rings. The molecule has 1 aromatic heterocycles. The third-order valence-electron chi connectivity index (χ3n) is 9.34. The molecule has 10 heteroatoms. The molecule has 3 aliphatic heterocycles. The standard InChI is InChI=1S/C31H36F3N5O2/c1-18-2-4-20-15-37-28(23(20)6-3-18)30(41)38-12-9-19(10-13-38)22-7-5-21(14-26(22)31(32,33)34)39-17-25(29(35)40)24-16-36-11-8-27(24)39/h5,7,14,17-19,36H,2-4,6,8-13,15-16H2,1H3,(H2,35,40). The molecule has 1 fully saturated rings. The van der Waals surface area contributed by atoms with Crippen molar-refractivity contribution in [3.05, 3.63) is 63.5 Å². The minimum atomic E-state index is -4.54. The number of aliphatic imine (C=N–C) groups is 1. The normalized spacial score (nSPS) is 21.8. The summed E-state index contributed by atoms with van der Waals surface area (Å²) in [5.74, 6) is -0.353. The molecule has 0 radical (unpaired) electrons. The van der Waals surface area contributed by atoms with Crippen LogP contribution >= 0.6 is 0 Å². The Labute approximate surface area is 237 Å². The molecular weight excluding hydrogens is 531 g/mol. The molecular formula is C31H36F3N5O2. The molecule has 6 rings (SSSR count). The second kappa shape index (κ2) is 10.8. The van der Waals surface area contributed by atoms with Crippen molar-refractivity contribution in [3.63, 3.8) is 0 Å². The van der Waals surface area contributed by atoms with E-state index in [1.807, 2.05) is 0 Å². The largest absolute Gasteiger partial charge is 0.416 e. The first-order chi connectivity index (χ1) is 19.6. The van der Waals surface area contributed by atoms with Gasteiger partial charge in [0.25, 0.3) is 11.8 Å². The van der Waals surface area contributed by atoms with E-state index in [9.17, 15) is 22.8 Å². The van der Waals surface area contributed by atoms with Crippen LogP contribution in [0.3, 0.4) is 0 Å². The highest BCUT2D eigenvalue weighted by Crippen LogP contribution is 2.41. The van der Waals surface area contributed by atoms with Crippen LogP contribution in [-0.4, -0.2) is 53.2 Å². The lowest BCUT2D eigenvalue weighted by atomic mass is 9.85. The van der Waals surface area contributed by atoms with Crippen LogP contribution in [0, 0.1) is 5.92 Å². The van der Waals surface area contributed by atoms with E-state index >= 15 is 0 Å². The van der Waals surface area contributed by atoms with Crippen LogP contribution in [0.4, 0.5) is 13.2 Å². The number of alkyl halides is 3. The Bertz CT molecular complexity index is 1450. The number of carbonyl (C=O) groups is 2. The summed E-state index contributed by atoms with van der Waals surface area (Å²) in [6.45, 7) is 4.77. The van der Waals surface area contributed by atoms with Crippen LogP contribution in [0.1, 0.15) is 84.1 Å². The van der Waals surface area contributed by atoms with Crippen molar-refractivity contribution in [2.75, 3.05) is 26.2 Å². The zero-order valence-corrected chi connectivity index (χ0v) is 23.3. The third-order valence-corrected chi connectivity index (χ3v) is 9.34. The molecule has 41 heavy (non-hydrogen) atoms. The van der Waals surface area contributed by atoms with Gasteiger partial charge in [0.15, 0.2) is 0 Å². The van der Waals surface area contributed by atoms with Gasteiger partial charge in [-0.1, -0.05) is 13.0 Å². The van der Waals surface area contributed by atoms with Gasteiger partial charge in [-0.3, -0.25) is 14.6 Å². The number of hydrogen-bond donors (Lipinski definition) is 2. The average molecular weight is 568 g/mol. The minimum Gasteiger partial charge on any atom is -0.366 e. The molecule has 0 bridgehead atoms. The zero-order valence-electron chi connectivity index (χ0n) is 23.3. The Morgan fingerprint density at radius 1 is 1.07 bits per heavy atom. The average Bonchev–Trinajstić information content (AvgIpc) is 3.50. The van der Waals surface area contributed by atoms with Crippen molar-refractivity contribution in [1.82, 2.24) is 14.8 Å². The van der Waals surface area contributed by atoms with Gasteiger partial charge in [-0.25, -0.2) is 0 Å². The molecule has 0 spiro atoms. The van der Waals surface area contributed by atoms with Gasteiger partial charge in [-0.2, -0.15) is 13.2 Å². The molecule has 1 aromatic carbocycles. The Balaban J connectivity index is 1.22. The lowest BCUT2D eigenvalue weighted by Crippen LogP contribution is -2.42. The second-order valence-electron chi connectivity index (χ2n) is 11.9. The van der Waals surface area contributed by atoms with E-state index in [-0.39, 0.29) is 17.4 Å². The second-order valence-corrected chi connectivity index (χ2v) is 11.9. The van der Waals surface area contributed by atoms with Crippen molar-refractivity contribution < 1.29 is 22.8 Å². The number of primary amides is 1. The van der Waals surface area contributed by atoms with Crippen molar-refractivity contribution >= 4 is 17.5 Å². The van der Waals surface area contributed by atoms with E-state index in [4.69, 9.17) is 5.73 Å². The lowest BCUT2D eigenvalue weighted by Gasteiger charge is -2.33. The molecule has 218 valence electrons. The Hall–Kier alpha value is -3.40. The van der Waals surface area contributed by atoms with Gasteiger partial charge in [0.1, 0.15) is 5.71 Å². The molecule has 0 saturated carbocycles. The van der Waals surface area contributed by atoms with E-state index in [1.165, 1.54) is 11.6 Å². The number of piperidine rings is 1. The maximum absolute atomic E-state index is 14.4. The van der Waals surface area contributed by atoms with Gasteiger partial charge in [-0.15, -0.1) is 0 Å². The predicted octanol–water partition coefficient (Wildman–Crippen LogP) is 4.91. The Kier molecular flexibility index (Phi) is 7.30. The van der Waals surface area contributed by atoms with Crippen molar-refractivity contribution in [2.45, 2.75) is 70.5 Å². The number of nitrogens with two attached hydrogens (primary N) is 1. The predicted molar refractivity (Wildman–Crippen MR) is 150 cm³/mol. The van der Waals surface area contributed by atoms with Gasteiger partial charge >= 0.3 is 6.18 Å². The highest BCUT2D eigenvalue weighted by molar-refractivity contribution is 6.46. The summed E-state index contributed by atoms with van der Waals surface area (Å²) in [5, 5.41) is 3.20. The SMILES string of the molecule is CC1CCC2=C(CC1)C(C(=O)N1CCC(c3ccc(-n4cc(C(N)=O)c5c4CCNC5)cc3C(F)(F)F)CC1)=NC2. The summed E-state index contributed by atoms with van der Waals surface area (Å²) >= 11 is 0. The van der Waals surface area contributed by atoms with E-state index < -0.39 is 17.6 Å². The summed E-state index contributed by atoms with van der Waals surface area (Å²) in [5.41, 5.74) is 10.4. The molecule has 1 aliphatic carbocycles. The molecule has 7 nitrogen and oxygen atoms in total. The van der Waals surface area contributed by atoms with Crippen LogP contribution < -0.4 is 11.1 Å². The van der Waals surface area contributed by atoms with E-state index in [0.29, 0.717) is 74.9 Å². The quantitative estimate of drug-likeness (QED) is 0.550. The lowest BCUT2D eigenvalue weighted by molar-refractivity contribution is -0.138. The summed E-state index contributed by atoms with van der Waals surface area (Å²) < 4.78 is 44.9. The monoisotopic (exact) mass is 567 g/mol. The number of benzene rings is 1. The van der Waals surface area contributed by atoms with Gasteiger partial charge in [0.2, 0.25) is 0 Å². The number of carbonyl (C=O) groups excluding carboxylic acids is 2. The maximum atomic E-state index is 14.4. The maximum Gasteiger partial charge on any atom is 0.416 e. The van der Waals surface area contributed by atoms with E-state index in [2.05, 4.69) is 17.2 Å². The van der Waals surface area contributed by atoms with Gasteiger partial charge < -0.3 is 20.5 Å². The van der Waals surface area contributed by atoms with Crippen molar-refractivity contribution in [2.24, 2.45) is 16.6 Å². The Morgan fingerprint density at radius 3 is 2.56 bits per heavy atom. The number of nitrogens with zero attached hydrogens (tertiary/aromatic N) is 3. The number of rotatable bonds is 4. The molecule has 2 aromatic rings. The topological polar surface area (TPSA) is 92.7 Å². The van der Waals surface area contributed by atoms with Crippen LogP contribution in [0.5, 0.6) is 0 Å². The molecule has 3 N–H and O–H groups in total. The molecule has 2 amide bonds. The molecule has 1 atom stereocenters. The highest BCUT2D eigenvalue weighted by Gasteiger charge is 2.38. The van der Waals surface area contributed by atoms with Gasteiger partial charge in [0, 0.05) is 55.7 Å². The van der Waals surface area contributed by atoms with E-state index in [1.54, 1.807) is 27.8 Å². The van der Waals surface area contributed by atoms with E-state index in [0.717, 1.165) is 42.5 Å². The molecule has 4 heterocycles. The number of aromatic nitrogens is 1. The third kappa shape index (κ3) is 5.22. The number of halogens is 3. The molecule has 1 saturated heterocycles. The van der Waals surface area contributed by atoms with Gasteiger partial charge in [0.05, 0.1) is 17.7 Å². The first-order valence-corrected chi connectivity index (χ1v) is 14.6. The number of amides is 2. The Morgan fingerprint density at radius 2 is 1.83 bits per heavy atom. The van der Waals surface area contributed by atoms with Crippen LogP contribution in [0.25, 0.3) is 5.69 Å². The van der Waals surface area contributed by atoms with Crippen molar-refractivity contribution in [3.8, 4) is 5.69 Å². The fraction of sp³-hybridized carbons (Fsp3) is 0.516. The van der Waals surface area contributed by atoms with Crippen molar-refractivity contribution in [1.29, 1.82) is 0 Å². The summed E-state index contributed by atoms with van der Waals surface area (Å²) in [6.07, 6.45) is 2.55. The fourth-order valence-electron chi connectivity index (χ4n) is 6.97. The first-order valence-electron chi connectivity index (χ1n) is 14.6. The summed E-state index contributed by atoms with van der Waals surface area (Å²) in [4.78, 5) is 31.8. The number of fused-ring (bicyclic) bond motifs is 1. The minimum absolute atomic E-state index is 0.0773. The van der Waals surface area contributed by atoms with Crippen LogP contribution in [0.15, 0.2) is 40.5 Å². The van der Waals surface area contributed by atoms with Gasteiger partial charge in [-0.05, 0) is 79.2 Å². The summed E-state index contributed by atoms with van der Waals surface area (Å²) in [6, 6.07) is 4.46. The molecule has 1 unspecified atom stereocenters. The van der Waals surface area contributed by atoms with Crippen LogP contribution in [-0.2, 0) is 23.9 Å². The highest BCUT2D eigenvalue weighted by atomic mass is 19.4. The number of hydrogen-bond acceptors (Lipinski definition) is 4. The smallest absolute Gasteiger partial charge is 0.366 e. The summed E-state index contributed by atoms with van der Waals surface area (Å²) in [7, 11) is 0. The van der Waals surface area contributed by atoms with Crippen LogP contribution in [0.2, 0.25) is 0 Å².